The van der Waals surface area contributed by atoms with Crippen molar-refractivity contribution in [2.45, 2.75) is 5.75 Å². The molecular formula is C21H14NOS+. The zero-order valence-corrected chi connectivity index (χ0v) is 13.7. The van der Waals surface area contributed by atoms with Crippen LogP contribution in [0.25, 0.3) is 20.2 Å². The van der Waals surface area contributed by atoms with Gasteiger partial charge in [-0.3, -0.25) is 4.79 Å². The molecule has 0 fully saturated rings. The van der Waals surface area contributed by atoms with E-state index in [0.717, 1.165) is 20.5 Å². The summed E-state index contributed by atoms with van der Waals surface area (Å²) in [5.41, 5.74) is 1.81. The molecule has 4 rings (SSSR count). The first-order valence-electron chi connectivity index (χ1n) is 7.70. The second-order valence-corrected chi connectivity index (χ2v) is 7.62. The Hall–Kier alpha value is -2.96. The first kappa shape index (κ1) is 14.6. The largest absolute Gasteiger partial charge is 0.288 e. The van der Waals surface area contributed by atoms with Gasteiger partial charge in [0.2, 0.25) is 5.43 Å². The molecule has 0 aliphatic rings. The summed E-state index contributed by atoms with van der Waals surface area (Å²) in [6.45, 7) is 0. The molecular weight excluding hydrogens is 314 g/mol. The molecule has 0 saturated heterocycles. The third kappa shape index (κ3) is 2.38. The number of nitrogens with zero attached hydrogens (tertiary/aromatic N) is 1. The summed E-state index contributed by atoms with van der Waals surface area (Å²) in [5, 5.41) is 10.6. The molecule has 1 unspecified atom stereocenters. The third-order valence-corrected chi connectivity index (χ3v) is 6.57. The normalized spacial score (nSPS) is 11.5. The average molecular weight is 328 g/mol. The summed E-state index contributed by atoms with van der Waals surface area (Å²) in [6.07, 6.45) is 0. The van der Waals surface area contributed by atoms with Crippen LogP contribution in [0, 0.1) is 11.3 Å². The van der Waals surface area contributed by atoms with E-state index in [2.05, 4.69) is 24.3 Å². The van der Waals surface area contributed by atoms with Gasteiger partial charge in [-0.2, -0.15) is 5.26 Å². The highest BCUT2D eigenvalue weighted by Gasteiger charge is 2.21. The smallest absolute Gasteiger partial charge is 0.203 e. The third-order valence-electron chi connectivity index (χ3n) is 4.17. The van der Waals surface area contributed by atoms with Crippen molar-refractivity contribution in [2.75, 3.05) is 0 Å². The lowest BCUT2D eigenvalue weighted by Crippen LogP contribution is -2.03. The van der Waals surface area contributed by atoms with Crippen molar-refractivity contribution in [1.29, 1.82) is 5.26 Å². The van der Waals surface area contributed by atoms with Gasteiger partial charge < -0.3 is 0 Å². The van der Waals surface area contributed by atoms with Gasteiger partial charge >= 0.3 is 0 Å². The molecule has 0 aliphatic heterocycles. The second-order valence-electron chi connectivity index (χ2n) is 5.67. The lowest BCUT2D eigenvalue weighted by molar-refractivity contribution is 1.41. The molecule has 3 aromatic carbocycles. The van der Waals surface area contributed by atoms with Crippen molar-refractivity contribution in [3.63, 3.8) is 0 Å². The maximum atomic E-state index is 12.9. The van der Waals surface area contributed by atoms with Gasteiger partial charge in [-0.15, -0.1) is 0 Å². The summed E-state index contributed by atoms with van der Waals surface area (Å²) in [7, 11) is -0.207. The van der Waals surface area contributed by atoms with Crippen LogP contribution in [0.2, 0.25) is 0 Å². The van der Waals surface area contributed by atoms with Crippen LogP contribution in [0.3, 0.4) is 0 Å². The molecule has 0 N–H and O–H groups in total. The SMILES string of the molecule is N#Cc1ccc2c(c1)c(=O)c1ccccc1[s+]2Cc1ccccc1. The molecule has 0 saturated carbocycles. The van der Waals surface area contributed by atoms with Crippen LogP contribution in [0.1, 0.15) is 11.1 Å². The topological polar surface area (TPSA) is 40.9 Å². The van der Waals surface area contributed by atoms with Crippen molar-refractivity contribution in [1.82, 2.24) is 0 Å². The van der Waals surface area contributed by atoms with E-state index in [1.807, 2.05) is 48.5 Å². The second kappa shape index (κ2) is 5.92. The summed E-state index contributed by atoms with van der Waals surface area (Å²) < 4.78 is 2.14. The van der Waals surface area contributed by atoms with Crippen LogP contribution in [-0.4, -0.2) is 0 Å². The van der Waals surface area contributed by atoms with Crippen LogP contribution in [-0.2, 0) is 5.75 Å². The molecule has 0 spiro atoms. The molecule has 3 heteroatoms. The minimum Gasteiger partial charge on any atom is -0.288 e. The van der Waals surface area contributed by atoms with E-state index < -0.39 is 0 Å². The predicted molar refractivity (Wildman–Crippen MR) is 100 cm³/mol. The first-order valence-corrected chi connectivity index (χ1v) is 9.10. The molecule has 24 heavy (non-hydrogen) atoms. The highest BCUT2D eigenvalue weighted by atomic mass is 32.2. The predicted octanol–water partition coefficient (Wildman–Crippen LogP) is 5.02. The fourth-order valence-corrected chi connectivity index (χ4v) is 5.41. The minimum atomic E-state index is -0.207. The van der Waals surface area contributed by atoms with Gasteiger partial charge in [0.05, 0.1) is 22.4 Å². The van der Waals surface area contributed by atoms with E-state index in [0.29, 0.717) is 10.9 Å². The highest BCUT2D eigenvalue weighted by Crippen LogP contribution is 2.38. The summed E-state index contributed by atoms with van der Waals surface area (Å²) >= 11 is 0. The Morgan fingerprint density at radius 3 is 2.33 bits per heavy atom. The van der Waals surface area contributed by atoms with Gasteiger partial charge in [0.15, 0.2) is 15.2 Å². The van der Waals surface area contributed by atoms with Gasteiger partial charge in [0.25, 0.3) is 0 Å². The molecule has 1 aromatic heterocycles. The maximum Gasteiger partial charge on any atom is 0.203 e. The fraction of sp³-hybridized carbons (Fsp3) is 0.0476. The number of hydrogen-bond acceptors (Lipinski definition) is 2. The Bertz CT molecular complexity index is 1150. The number of benzene rings is 3. The quantitative estimate of drug-likeness (QED) is 0.383. The fourth-order valence-electron chi connectivity index (χ4n) is 3.02. The minimum absolute atomic E-state index is 0.0227. The average Bonchev–Trinajstić information content (AvgIpc) is 2.65. The zero-order chi connectivity index (χ0) is 16.5. The summed E-state index contributed by atoms with van der Waals surface area (Å²) in [4.78, 5) is 12.9. The van der Waals surface area contributed by atoms with E-state index in [1.165, 1.54) is 5.56 Å². The molecule has 0 aliphatic carbocycles. The van der Waals surface area contributed by atoms with Crippen LogP contribution >= 0.6 is 10.5 Å². The molecule has 1 heterocycles. The molecule has 114 valence electrons. The maximum absolute atomic E-state index is 12.9. The standard InChI is InChI=1S/C21H14NOS/c22-13-16-10-11-20-18(12-16)21(23)17-8-4-5-9-19(17)24(20)14-15-6-2-1-3-7-15/h1-12H,14H2/q+1. The van der Waals surface area contributed by atoms with Crippen molar-refractivity contribution < 1.29 is 0 Å². The monoisotopic (exact) mass is 328 g/mol. The van der Waals surface area contributed by atoms with E-state index in [1.54, 1.807) is 6.07 Å². The number of rotatable bonds is 2. The zero-order valence-electron chi connectivity index (χ0n) is 12.9. The van der Waals surface area contributed by atoms with Crippen molar-refractivity contribution in [3.05, 3.63) is 94.1 Å². The number of fused-ring (bicyclic) bond motifs is 2. The van der Waals surface area contributed by atoms with Crippen LogP contribution in [0.4, 0.5) is 0 Å². The molecule has 0 radical (unpaired) electrons. The van der Waals surface area contributed by atoms with E-state index in [4.69, 9.17) is 5.26 Å². The molecule has 4 aromatic rings. The summed E-state index contributed by atoms with van der Waals surface area (Å²) in [6, 6.07) is 25.8. The summed E-state index contributed by atoms with van der Waals surface area (Å²) in [5.74, 6) is 0.865. The lowest BCUT2D eigenvalue weighted by atomic mass is 10.1. The number of hydrogen-bond donors (Lipinski definition) is 0. The molecule has 2 nitrogen and oxygen atoms in total. The Kier molecular flexibility index (Phi) is 3.60. The Morgan fingerprint density at radius 2 is 1.54 bits per heavy atom. The van der Waals surface area contributed by atoms with E-state index >= 15 is 0 Å². The lowest BCUT2D eigenvalue weighted by Gasteiger charge is -2.04. The molecule has 0 bridgehead atoms. The van der Waals surface area contributed by atoms with Gasteiger partial charge in [0.1, 0.15) is 0 Å². The molecule has 1 atom stereocenters. The number of nitriles is 1. The van der Waals surface area contributed by atoms with Gasteiger partial charge in [-0.05, 0) is 40.8 Å². The van der Waals surface area contributed by atoms with Gasteiger partial charge in [-0.25, -0.2) is 0 Å². The van der Waals surface area contributed by atoms with Crippen LogP contribution in [0.15, 0.2) is 77.6 Å². The van der Waals surface area contributed by atoms with Crippen molar-refractivity contribution in [3.8, 4) is 6.07 Å². The first-order chi connectivity index (χ1) is 11.8. The Labute approximate surface area is 142 Å². The van der Waals surface area contributed by atoms with Crippen molar-refractivity contribution in [2.24, 2.45) is 0 Å². The van der Waals surface area contributed by atoms with Crippen molar-refractivity contribution >= 4 is 30.6 Å². The van der Waals surface area contributed by atoms with Gasteiger partial charge in [-0.1, -0.05) is 42.5 Å². The van der Waals surface area contributed by atoms with E-state index in [9.17, 15) is 4.79 Å². The van der Waals surface area contributed by atoms with Crippen LogP contribution < -0.4 is 5.43 Å². The highest BCUT2D eigenvalue weighted by molar-refractivity contribution is 7.41. The van der Waals surface area contributed by atoms with E-state index in [-0.39, 0.29) is 15.9 Å². The van der Waals surface area contributed by atoms with Gasteiger partial charge in [0, 0.05) is 5.56 Å². The Balaban J connectivity index is 2.10. The van der Waals surface area contributed by atoms with Crippen LogP contribution in [0.5, 0.6) is 0 Å². The molecule has 0 amide bonds. The Morgan fingerprint density at radius 1 is 0.833 bits per heavy atom.